The molecule has 1 aromatic carbocycles. The molecule has 2 aromatic heterocycles. The van der Waals surface area contributed by atoms with E-state index in [1.807, 2.05) is 18.2 Å². The predicted octanol–water partition coefficient (Wildman–Crippen LogP) is 3.15. The van der Waals surface area contributed by atoms with E-state index in [0.29, 0.717) is 0 Å². The number of carbonyl (C=O) groups excluding carboxylic acids is 1. The molecule has 2 atom stereocenters. The maximum Gasteiger partial charge on any atom is 0.240 e. The van der Waals surface area contributed by atoms with Crippen LogP contribution in [0.5, 0.6) is 0 Å². The van der Waals surface area contributed by atoms with E-state index in [-0.39, 0.29) is 23.4 Å². The van der Waals surface area contributed by atoms with Crippen molar-refractivity contribution in [2.24, 2.45) is 5.41 Å². The molecule has 7 nitrogen and oxygen atoms in total. The number of nitrogens with one attached hydrogen (secondary N) is 2. The molecule has 8 heteroatoms. The molecular formula is C24H28N6OS. The number of thiazole rings is 1. The second kappa shape index (κ2) is 8.17. The first-order chi connectivity index (χ1) is 15.7. The van der Waals surface area contributed by atoms with Gasteiger partial charge in [0.2, 0.25) is 5.91 Å². The van der Waals surface area contributed by atoms with Crippen molar-refractivity contribution in [3.05, 3.63) is 41.7 Å². The summed E-state index contributed by atoms with van der Waals surface area (Å²) in [5.41, 5.74) is 3.03. The molecule has 1 spiro atoms. The van der Waals surface area contributed by atoms with Gasteiger partial charge in [-0.3, -0.25) is 4.79 Å². The minimum Gasteiger partial charge on any atom is -0.332 e. The van der Waals surface area contributed by atoms with Crippen molar-refractivity contribution in [2.75, 3.05) is 26.2 Å². The van der Waals surface area contributed by atoms with Gasteiger partial charge < -0.3 is 15.5 Å². The quantitative estimate of drug-likeness (QED) is 0.641. The van der Waals surface area contributed by atoms with Crippen molar-refractivity contribution in [1.29, 1.82) is 0 Å². The third-order valence-corrected chi connectivity index (χ3v) is 8.47. The van der Waals surface area contributed by atoms with Gasteiger partial charge in [-0.05, 0) is 50.6 Å². The Morgan fingerprint density at radius 2 is 2.00 bits per heavy atom. The van der Waals surface area contributed by atoms with Crippen molar-refractivity contribution in [3.63, 3.8) is 0 Å². The average molecular weight is 449 g/mol. The summed E-state index contributed by atoms with van der Waals surface area (Å²) >= 11 is 1.60. The molecule has 3 fully saturated rings. The van der Waals surface area contributed by atoms with Crippen molar-refractivity contribution >= 4 is 27.6 Å². The Kier molecular flexibility index (Phi) is 5.16. The summed E-state index contributed by atoms with van der Waals surface area (Å²) < 4.78 is 0. The summed E-state index contributed by atoms with van der Waals surface area (Å²) in [6.45, 7) is 3.89. The third kappa shape index (κ3) is 3.50. The topological polar surface area (TPSA) is 83.0 Å². The lowest BCUT2D eigenvalue weighted by Gasteiger charge is -2.33. The van der Waals surface area contributed by atoms with Gasteiger partial charge in [0, 0.05) is 18.7 Å². The highest BCUT2D eigenvalue weighted by molar-refractivity contribution is 7.18. The molecule has 2 unspecified atom stereocenters. The van der Waals surface area contributed by atoms with Gasteiger partial charge in [0.05, 0.1) is 12.1 Å². The Balaban J connectivity index is 1.26. The number of hydrogen-bond acceptors (Lipinski definition) is 7. The van der Waals surface area contributed by atoms with E-state index in [1.54, 1.807) is 17.7 Å². The number of aromatic nitrogens is 3. The Morgan fingerprint density at radius 1 is 1.16 bits per heavy atom. The molecule has 0 saturated carbocycles. The summed E-state index contributed by atoms with van der Waals surface area (Å²) in [4.78, 5) is 30.5. The fourth-order valence-electron chi connectivity index (χ4n) is 5.64. The highest BCUT2D eigenvalue weighted by Gasteiger charge is 2.45. The maximum absolute atomic E-state index is 13.6. The Bertz CT molecular complexity index is 1130. The van der Waals surface area contributed by atoms with E-state index in [1.165, 1.54) is 0 Å². The van der Waals surface area contributed by atoms with E-state index < -0.39 is 0 Å². The van der Waals surface area contributed by atoms with Gasteiger partial charge in [-0.25, -0.2) is 15.0 Å². The number of benzene rings is 1. The van der Waals surface area contributed by atoms with Crippen LogP contribution in [0.25, 0.3) is 21.6 Å². The fraction of sp³-hybridized carbons (Fsp3) is 0.500. The summed E-state index contributed by atoms with van der Waals surface area (Å²) in [7, 11) is 0. The van der Waals surface area contributed by atoms with Gasteiger partial charge in [0.25, 0.3) is 0 Å². The molecule has 3 aliphatic heterocycles. The zero-order valence-corrected chi connectivity index (χ0v) is 18.9. The van der Waals surface area contributed by atoms with Crippen molar-refractivity contribution in [3.8, 4) is 11.3 Å². The van der Waals surface area contributed by atoms with Gasteiger partial charge in [0.1, 0.15) is 27.4 Å². The number of carbonyl (C=O) groups is 1. The molecule has 5 heterocycles. The van der Waals surface area contributed by atoms with Crippen LogP contribution in [0.4, 0.5) is 0 Å². The number of nitrogens with zero attached hydrogens (tertiary/aromatic N) is 4. The maximum atomic E-state index is 13.6. The molecular weight excluding hydrogens is 420 g/mol. The monoisotopic (exact) mass is 448 g/mol. The Morgan fingerprint density at radius 3 is 2.84 bits per heavy atom. The minimum atomic E-state index is -0.0669. The van der Waals surface area contributed by atoms with Crippen LogP contribution >= 0.6 is 11.3 Å². The molecule has 6 rings (SSSR count). The van der Waals surface area contributed by atoms with Gasteiger partial charge in [-0.15, -0.1) is 0 Å². The van der Waals surface area contributed by atoms with E-state index in [0.717, 1.165) is 84.9 Å². The van der Waals surface area contributed by atoms with E-state index in [9.17, 15) is 4.79 Å². The largest absolute Gasteiger partial charge is 0.332 e. The van der Waals surface area contributed by atoms with E-state index >= 15 is 0 Å². The lowest BCUT2D eigenvalue weighted by atomic mass is 9.77. The first-order valence-corrected chi connectivity index (χ1v) is 12.5. The van der Waals surface area contributed by atoms with Gasteiger partial charge in [0.15, 0.2) is 0 Å². The van der Waals surface area contributed by atoms with Crippen LogP contribution in [0, 0.1) is 5.41 Å². The molecule has 0 aliphatic carbocycles. The molecule has 2 N–H and O–H groups in total. The summed E-state index contributed by atoms with van der Waals surface area (Å²) in [6.07, 6.45) is 6.87. The van der Waals surface area contributed by atoms with Crippen molar-refractivity contribution in [1.82, 2.24) is 30.5 Å². The van der Waals surface area contributed by atoms with Crippen LogP contribution in [0.1, 0.15) is 43.2 Å². The molecule has 32 heavy (non-hydrogen) atoms. The third-order valence-electron chi connectivity index (χ3n) is 7.40. The molecule has 3 saturated heterocycles. The number of fused-ring (bicyclic) bond motifs is 1. The van der Waals surface area contributed by atoms with Crippen molar-refractivity contribution < 1.29 is 4.79 Å². The fourth-order valence-corrected chi connectivity index (χ4v) is 6.69. The standard InChI is InChI=1S/C24H28N6OS/c31-23(17-13-24(14-26-17)8-10-25-11-9-24)30-12-4-7-18(30)21-29-20-19(16-5-2-1-3-6-16)27-15-28-22(20)32-21/h1-3,5-6,15,17-18,25-26H,4,7-14H2. The lowest BCUT2D eigenvalue weighted by molar-refractivity contribution is -0.134. The number of hydrogen-bond donors (Lipinski definition) is 2. The second-order valence-electron chi connectivity index (χ2n) is 9.37. The predicted molar refractivity (Wildman–Crippen MR) is 125 cm³/mol. The lowest BCUT2D eigenvalue weighted by Crippen LogP contribution is -2.43. The highest BCUT2D eigenvalue weighted by Crippen LogP contribution is 2.41. The van der Waals surface area contributed by atoms with Crippen LogP contribution in [0.3, 0.4) is 0 Å². The highest BCUT2D eigenvalue weighted by atomic mass is 32.1. The normalized spacial score (nSPS) is 25.1. The summed E-state index contributed by atoms with van der Waals surface area (Å²) in [5.74, 6) is 0.247. The molecule has 1 amide bonds. The Labute approximate surface area is 191 Å². The molecule has 3 aromatic rings. The number of likely N-dealkylation sites (tertiary alicyclic amines) is 1. The zero-order valence-electron chi connectivity index (χ0n) is 18.1. The Hall–Kier alpha value is -2.42. The molecule has 0 radical (unpaired) electrons. The minimum absolute atomic E-state index is 0.0386. The smallest absolute Gasteiger partial charge is 0.240 e. The number of amides is 1. The van der Waals surface area contributed by atoms with Crippen LogP contribution in [-0.2, 0) is 4.79 Å². The van der Waals surface area contributed by atoms with E-state index in [4.69, 9.17) is 4.98 Å². The van der Waals surface area contributed by atoms with Crippen LogP contribution in [0.2, 0.25) is 0 Å². The molecule has 0 bridgehead atoms. The molecule has 166 valence electrons. The zero-order chi connectivity index (χ0) is 21.5. The van der Waals surface area contributed by atoms with Crippen molar-refractivity contribution in [2.45, 2.75) is 44.2 Å². The molecule has 3 aliphatic rings. The van der Waals surface area contributed by atoms with E-state index in [2.05, 4.69) is 37.6 Å². The summed E-state index contributed by atoms with van der Waals surface area (Å²) in [5, 5.41) is 8.00. The number of piperidine rings is 1. The first kappa shape index (κ1) is 20.2. The van der Waals surface area contributed by atoms with Crippen LogP contribution < -0.4 is 10.6 Å². The second-order valence-corrected chi connectivity index (χ2v) is 10.4. The summed E-state index contributed by atoms with van der Waals surface area (Å²) in [6, 6.07) is 10.1. The van der Waals surface area contributed by atoms with Gasteiger partial charge >= 0.3 is 0 Å². The first-order valence-electron chi connectivity index (χ1n) is 11.6. The van der Waals surface area contributed by atoms with Gasteiger partial charge in [-0.1, -0.05) is 41.7 Å². The average Bonchev–Trinajstić information content (AvgIpc) is 3.58. The van der Waals surface area contributed by atoms with Crippen LogP contribution in [0.15, 0.2) is 36.7 Å². The SMILES string of the molecule is O=C(C1CC2(CCNCC2)CN1)N1CCCC1c1nc2c(-c3ccccc3)ncnc2s1. The van der Waals surface area contributed by atoms with Gasteiger partial charge in [-0.2, -0.15) is 0 Å². The van der Waals surface area contributed by atoms with Crippen LogP contribution in [-0.4, -0.2) is 58.0 Å². The number of rotatable bonds is 3.